The van der Waals surface area contributed by atoms with E-state index in [0.717, 1.165) is 0 Å². The van der Waals surface area contributed by atoms with Crippen molar-refractivity contribution >= 4 is 5.97 Å². The van der Waals surface area contributed by atoms with E-state index in [1.807, 2.05) is 0 Å². The summed E-state index contributed by atoms with van der Waals surface area (Å²) in [7, 11) is 0. The van der Waals surface area contributed by atoms with Crippen LogP contribution < -0.4 is 5.48 Å². The Labute approximate surface area is 58.1 Å². The Morgan fingerprint density at radius 3 is 3.10 bits per heavy atom. The van der Waals surface area contributed by atoms with Crippen LogP contribution in [0.3, 0.4) is 0 Å². The van der Waals surface area contributed by atoms with E-state index in [2.05, 4.69) is 15.1 Å². The van der Waals surface area contributed by atoms with E-state index in [4.69, 9.17) is 0 Å². The molecular formula is C6H7NO3. The molecule has 0 aromatic rings. The highest BCUT2D eigenvalue weighted by molar-refractivity contribution is 5.67. The summed E-state index contributed by atoms with van der Waals surface area (Å²) >= 11 is 0. The van der Waals surface area contributed by atoms with Crippen LogP contribution in [0.1, 0.15) is 6.92 Å². The van der Waals surface area contributed by atoms with E-state index in [0.29, 0.717) is 5.76 Å². The highest BCUT2D eigenvalue weighted by atomic mass is 16.6. The zero-order chi connectivity index (χ0) is 7.40. The second-order valence-electron chi connectivity index (χ2n) is 1.68. The van der Waals surface area contributed by atoms with Crippen LogP contribution in [0.2, 0.25) is 0 Å². The number of nitrogens with one attached hydrogen (secondary N) is 1. The molecule has 0 saturated heterocycles. The third-order valence-corrected chi connectivity index (χ3v) is 0.820. The first-order valence-electron chi connectivity index (χ1n) is 2.75. The molecule has 54 valence electrons. The van der Waals surface area contributed by atoms with Crippen LogP contribution in [0.25, 0.3) is 0 Å². The molecule has 1 aliphatic rings. The quantitative estimate of drug-likeness (QED) is 0.538. The van der Waals surface area contributed by atoms with Crippen molar-refractivity contribution in [3.05, 3.63) is 24.3 Å². The summed E-state index contributed by atoms with van der Waals surface area (Å²) in [5.41, 5.74) is 2.44. The second-order valence-corrected chi connectivity index (χ2v) is 1.68. The summed E-state index contributed by atoms with van der Waals surface area (Å²) in [4.78, 5) is 14.9. The molecule has 0 spiro atoms. The Balaban J connectivity index is 2.48. The molecule has 0 atom stereocenters. The van der Waals surface area contributed by atoms with E-state index < -0.39 is 0 Å². The lowest BCUT2D eigenvalue weighted by atomic mass is 10.5. The Kier molecular flexibility index (Phi) is 1.94. The fourth-order valence-corrected chi connectivity index (χ4v) is 0.511. The number of hydroxylamine groups is 1. The molecule has 0 amide bonds. The summed E-state index contributed by atoms with van der Waals surface area (Å²) in [5.74, 6) is 0.0349. The minimum atomic E-state index is -0.360. The van der Waals surface area contributed by atoms with Gasteiger partial charge in [0.15, 0.2) is 12.0 Å². The van der Waals surface area contributed by atoms with Crippen molar-refractivity contribution in [3.8, 4) is 0 Å². The summed E-state index contributed by atoms with van der Waals surface area (Å²) < 4.78 is 4.66. The topological polar surface area (TPSA) is 47.6 Å². The first-order valence-corrected chi connectivity index (χ1v) is 2.75. The van der Waals surface area contributed by atoms with Gasteiger partial charge >= 0.3 is 5.97 Å². The van der Waals surface area contributed by atoms with E-state index in [-0.39, 0.29) is 5.97 Å². The Morgan fingerprint density at radius 1 is 1.80 bits per heavy atom. The third-order valence-electron chi connectivity index (χ3n) is 0.820. The van der Waals surface area contributed by atoms with Crippen LogP contribution in [0, 0.1) is 0 Å². The lowest BCUT2D eigenvalue weighted by Gasteiger charge is -2.06. The van der Waals surface area contributed by atoms with E-state index in [9.17, 15) is 4.79 Å². The van der Waals surface area contributed by atoms with Crippen molar-refractivity contribution in [1.29, 1.82) is 0 Å². The predicted molar refractivity (Wildman–Crippen MR) is 33.2 cm³/mol. The normalized spacial score (nSPS) is 14.7. The number of carbonyl (C=O) groups is 1. The molecule has 0 radical (unpaired) electrons. The highest BCUT2D eigenvalue weighted by Crippen LogP contribution is 2.02. The van der Waals surface area contributed by atoms with Gasteiger partial charge in [-0.05, 0) is 0 Å². The van der Waals surface area contributed by atoms with E-state index in [1.165, 1.54) is 19.4 Å². The molecule has 10 heavy (non-hydrogen) atoms. The Hall–Kier alpha value is -1.45. The molecule has 4 heteroatoms. The third kappa shape index (κ3) is 1.81. The molecule has 0 aliphatic carbocycles. The van der Waals surface area contributed by atoms with Crippen molar-refractivity contribution in [2.75, 3.05) is 0 Å². The molecular weight excluding hydrogens is 134 g/mol. The van der Waals surface area contributed by atoms with E-state index >= 15 is 0 Å². The van der Waals surface area contributed by atoms with Crippen molar-refractivity contribution < 1.29 is 14.4 Å². The molecule has 1 heterocycles. The van der Waals surface area contributed by atoms with Crippen LogP contribution in [0.15, 0.2) is 24.3 Å². The zero-order valence-corrected chi connectivity index (χ0v) is 5.46. The SMILES string of the molecule is CC(=O)OC1=CONC=C1. The van der Waals surface area contributed by atoms with Gasteiger partial charge in [-0.2, -0.15) is 0 Å². The van der Waals surface area contributed by atoms with Crippen LogP contribution in [0.4, 0.5) is 0 Å². The maximum absolute atomic E-state index is 10.3. The summed E-state index contributed by atoms with van der Waals surface area (Å²) in [6.45, 7) is 1.33. The van der Waals surface area contributed by atoms with Gasteiger partial charge in [-0.3, -0.25) is 4.79 Å². The number of carbonyl (C=O) groups excluding carboxylic acids is 1. The molecule has 4 nitrogen and oxygen atoms in total. The van der Waals surface area contributed by atoms with Crippen molar-refractivity contribution in [2.45, 2.75) is 6.92 Å². The minimum Gasteiger partial charge on any atom is -0.423 e. The highest BCUT2D eigenvalue weighted by Gasteiger charge is 2.00. The summed E-state index contributed by atoms with van der Waals surface area (Å²) in [6.07, 6.45) is 4.42. The second kappa shape index (κ2) is 2.91. The maximum atomic E-state index is 10.3. The van der Waals surface area contributed by atoms with Gasteiger partial charge in [0.25, 0.3) is 0 Å². The zero-order valence-electron chi connectivity index (χ0n) is 5.46. The number of rotatable bonds is 1. The van der Waals surface area contributed by atoms with Crippen LogP contribution in [0.5, 0.6) is 0 Å². The van der Waals surface area contributed by atoms with Gasteiger partial charge < -0.3 is 9.57 Å². The standard InChI is InChI=1S/C6H7NO3/c1-5(8)10-6-2-3-7-9-4-6/h2-4,7H,1H3. The van der Waals surface area contributed by atoms with E-state index in [1.54, 1.807) is 6.08 Å². The Bertz CT molecular complexity index is 195. The lowest BCUT2D eigenvalue weighted by molar-refractivity contribution is -0.136. The van der Waals surface area contributed by atoms with Crippen molar-refractivity contribution in [3.63, 3.8) is 0 Å². The fraction of sp³-hybridized carbons (Fsp3) is 0.167. The number of hydrogen-bond acceptors (Lipinski definition) is 4. The molecule has 0 bridgehead atoms. The van der Waals surface area contributed by atoms with Gasteiger partial charge in [0.2, 0.25) is 0 Å². The van der Waals surface area contributed by atoms with Gasteiger partial charge in [-0.25, -0.2) is 5.48 Å². The smallest absolute Gasteiger partial charge is 0.308 e. The summed E-state index contributed by atoms with van der Waals surface area (Å²) in [5, 5.41) is 0. The largest absolute Gasteiger partial charge is 0.423 e. The van der Waals surface area contributed by atoms with Gasteiger partial charge in [0, 0.05) is 19.2 Å². The number of allylic oxidation sites excluding steroid dienone is 1. The van der Waals surface area contributed by atoms with Crippen LogP contribution in [-0.2, 0) is 14.4 Å². The molecule has 0 unspecified atom stereocenters. The first-order chi connectivity index (χ1) is 4.79. The molecule has 0 fully saturated rings. The van der Waals surface area contributed by atoms with Crippen molar-refractivity contribution in [1.82, 2.24) is 5.48 Å². The van der Waals surface area contributed by atoms with Gasteiger partial charge in [0.1, 0.15) is 0 Å². The average molecular weight is 141 g/mol. The number of hydrogen-bond donors (Lipinski definition) is 1. The van der Waals surface area contributed by atoms with Crippen molar-refractivity contribution in [2.24, 2.45) is 0 Å². The fourth-order valence-electron chi connectivity index (χ4n) is 0.511. The number of ether oxygens (including phenoxy) is 1. The van der Waals surface area contributed by atoms with Gasteiger partial charge in [-0.15, -0.1) is 0 Å². The lowest BCUT2D eigenvalue weighted by Crippen LogP contribution is -2.08. The Morgan fingerprint density at radius 2 is 2.60 bits per heavy atom. The molecule has 0 aromatic heterocycles. The summed E-state index contributed by atoms with van der Waals surface area (Å²) in [6, 6.07) is 0. The molecule has 0 saturated carbocycles. The molecule has 1 N–H and O–H groups in total. The minimum absolute atomic E-state index is 0.360. The number of esters is 1. The van der Waals surface area contributed by atoms with Gasteiger partial charge in [-0.1, -0.05) is 0 Å². The van der Waals surface area contributed by atoms with Crippen LogP contribution >= 0.6 is 0 Å². The molecule has 0 aromatic carbocycles. The first kappa shape index (κ1) is 6.67. The average Bonchev–Trinajstić information content (AvgIpc) is 1.88. The van der Waals surface area contributed by atoms with Crippen LogP contribution in [-0.4, -0.2) is 5.97 Å². The molecule has 1 rings (SSSR count). The monoisotopic (exact) mass is 141 g/mol. The van der Waals surface area contributed by atoms with Gasteiger partial charge in [0.05, 0.1) is 0 Å². The predicted octanol–water partition coefficient (Wildman–Crippen LogP) is 0.439. The molecule has 1 aliphatic heterocycles. The maximum Gasteiger partial charge on any atom is 0.308 e.